The van der Waals surface area contributed by atoms with Crippen LogP contribution in [0.3, 0.4) is 0 Å². The minimum atomic E-state index is -0.955. The molecule has 3 aliphatic rings. The number of rotatable bonds is 7. The number of aliphatic hydroxyl groups excluding tert-OH is 2. The van der Waals surface area contributed by atoms with Gasteiger partial charge in [0.2, 0.25) is 11.8 Å². The molecule has 0 saturated heterocycles. The highest BCUT2D eigenvalue weighted by molar-refractivity contribution is 5.96. The normalized spacial score (nSPS) is 26.8. The molecule has 4 atom stereocenters. The Balaban J connectivity index is 1.71. The monoisotopic (exact) mass is 456 g/mol. The van der Waals surface area contributed by atoms with Crippen LogP contribution in [-0.2, 0) is 9.59 Å². The zero-order chi connectivity index (χ0) is 23.5. The fraction of sp³-hybridized carbons (Fsp3) is 0.615. The second-order valence-electron chi connectivity index (χ2n) is 9.83. The van der Waals surface area contributed by atoms with E-state index in [9.17, 15) is 19.8 Å². The van der Waals surface area contributed by atoms with Crippen molar-refractivity contribution in [2.75, 3.05) is 19.7 Å². The molecule has 1 aromatic rings. The summed E-state index contributed by atoms with van der Waals surface area (Å²) in [6.07, 6.45) is 5.87. The molecule has 0 spiro atoms. The summed E-state index contributed by atoms with van der Waals surface area (Å²) in [5.41, 5.74) is 1.35. The molecule has 4 rings (SSSR count). The Labute approximate surface area is 195 Å². The highest BCUT2D eigenvalue weighted by Crippen LogP contribution is 2.47. The zero-order valence-corrected chi connectivity index (χ0v) is 19.6. The number of hydrogen-bond donors (Lipinski definition) is 3. The van der Waals surface area contributed by atoms with E-state index in [-0.39, 0.29) is 30.9 Å². The molecule has 180 valence electrons. The molecule has 2 amide bonds. The minimum Gasteiger partial charge on any atom is -0.486 e. The Bertz CT molecular complexity index is 892. The number of nitrogens with zero attached hydrogens (tertiary/aromatic N) is 1. The number of nitrogens with one attached hydrogen (secondary N) is 1. The average Bonchev–Trinajstić information content (AvgIpc) is 3.22. The maximum absolute atomic E-state index is 13.3. The number of carbonyl (C=O) groups is 2. The first kappa shape index (κ1) is 23.8. The highest BCUT2D eigenvalue weighted by Gasteiger charge is 2.50. The van der Waals surface area contributed by atoms with Crippen LogP contribution in [0.1, 0.15) is 57.4 Å². The largest absolute Gasteiger partial charge is 0.486 e. The zero-order valence-electron chi connectivity index (χ0n) is 19.6. The number of para-hydroxylation sites is 1. The van der Waals surface area contributed by atoms with Crippen molar-refractivity contribution in [1.82, 2.24) is 10.2 Å². The van der Waals surface area contributed by atoms with Gasteiger partial charge in [0, 0.05) is 30.1 Å². The van der Waals surface area contributed by atoms with Gasteiger partial charge >= 0.3 is 0 Å². The second-order valence-corrected chi connectivity index (χ2v) is 9.83. The first-order valence-corrected chi connectivity index (χ1v) is 12.3. The van der Waals surface area contributed by atoms with Crippen molar-refractivity contribution in [2.45, 2.75) is 70.1 Å². The molecule has 1 saturated carbocycles. The molecule has 0 unspecified atom stereocenters. The molecule has 3 N–H and O–H groups in total. The average molecular weight is 457 g/mol. The van der Waals surface area contributed by atoms with Gasteiger partial charge in [-0.15, -0.1) is 0 Å². The first-order chi connectivity index (χ1) is 15.9. The topological polar surface area (TPSA) is 99.1 Å². The number of hydrogen-bond acceptors (Lipinski definition) is 5. The van der Waals surface area contributed by atoms with Crippen LogP contribution in [0.25, 0.3) is 0 Å². The van der Waals surface area contributed by atoms with Crippen LogP contribution in [0.15, 0.2) is 35.9 Å². The van der Waals surface area contributed by atoms with Crippen LogP contribution >= 0.6 is 0 Å². The second kappa shape index (κ2) is 10.3. The third-order valence-electron chi connectivity index (χ3n) is 7.19. The van der Waals surface area contributed by atoms with E-state index < -0.39 is 24.2 Å². The number of fused-ring (bicyclic) bond motifs is 3. The van der Waals surface area contributed by atoms with Crippen LogP contribution in [0.4, 0.5) is 0 Å². The maximum Gasteiger partial charge on any atom is 0.247 e. The van der Waals surface area contributed by atoms with Gasteiger partial charge in [0.1, 0.15) is 18.0 Å². The summed E-state index contributed by atoms with van der Waals surface area (Å²) in [4.78, 5) is 28.3. The van der Waals surface area contributed by atoms with Crippen molar-refractivity contribution in [3.63, 3.8) is 0 Å². The van der Waals surface area contributed by atoms with Crippen LogP contribution in [0, 0.1) is 11.8 Å². The molecule has 1 heterocycles. The number of amides is 2. The summed E-state index contributed by atoms with van der Waals surface area (Å²) < 4.78 is 6.16. The Morgan fingerprint density at radius 1 is 1.18 bits per heavy atom. The van der Waals surface area contributed by atoms with Crippen molar-refractivity contribution in [3.05, 3.63) is 41.5 Å². The van der Waals surface area contributed by atoms with Gasteiger partial charge in [0.25, 0.3) is 0 Å². The molecule has 1 fully saturated rings. The van der Waals surface area contributed by atoms with E-state index in [1.165, 1.54) is 6.42 Å². The third kappa shape index (κ3) is 4.80. The maximum atomic E-state index is 13.3. The van der Waals surface area contributed by atoms with Crippen LogP contribution < -0.4 is 10.1 Å². The summed E-state index contributed by atoms with van der Waals surface area (Å²) in [5.74, 6) is 0.0862. The molecular weight excluding hydrogens is 420 g/mol. The summed E-state index contributed by atoms with van der Waals surface area (Å²) in [6.45, 7) is 4.29. The minimum absolute atomic E-state index is 0.0232. The van der Waals surface area contributed by atoms with Gasteiger partial charge in [-0.2, -0.15) is 0 Å². The van der Waals surface area contributed by atoms with E-state index in [1.54, 1.807) is 11.0 Å². The molecule has 0 aromatic heterocycles. The highest BCUT2D eigenvalue weighted by atomic mass is 16.5. The van der Waals surface area contributed by atoms with Gasteiger partial charge in [-0.3, -0.25) is 9.59 Å². The Morgan fingerprint density at radius 3 is 2.61 bits per heavy atom. The Kier molecular flexibility index (Phi) is 7.39. The standard InChI is InChI=1S/C26H36N2O5/c1-16(2)26(32)28(15-17-8-4-3-5-9-17)20-14-19(25(31)27-12-13-29)22-18-10-6-7-11-21(18)33-24(22)23(20)30/h6-7,10-11,14,16-17,20,22-24,29-30H,3-5,8-9,12-13,15H2,1-2H3,(H,27,31)/t20-,22+,23+,24+/m1/s1. The summed E-state index contributed by atoms with van der Waals surface area (Å²) in [7, 11) is 0. The number of carbonyl (C=O) groups excluding carboxylic acids is 2. The predicted molar refractivity (Wildman–Crippen MR) is 125 cm³/mol. The molecule has 33 heavy (non-hydrogen) atoms. The lowest BCUT2D eigenvalue weighted by molar-refractivity contribution is -0.141. The molecule has 7 heteroatoms. The molecule has 0 bridgehead atoms. The van der Waals surface area contributed by atoms with Crippen LogP contribution in [0.2, 0.25) is 0 Å². The fourth-order valence-electron chi connectivity index (χ4n) is 5.53. The first-order valence-electron chi connectivity index (χ1n) is 12.3. The predicted octanol–water partition coefficient (Wildman–Crippen LogP) is 2.37. The van der Waals surface area contributed by atoms with Crippen LogP contribution in [0.5, 0.6) is 5.75 Å². The molecule has 2 aliphatic carbocycles. The lowest BCUT2D eigenvalue weighted by Gasteiger charge is -2.42. The Hall–Kier alpha value is -2.38. The summed E-state index contributed by atoms with van der Waals surface area (Å²) in [5, 5.41) is 23.4. The van der Waals surface area contributed by atoms with E-state index in [2.05, 4.69) is 5.32 Å². The van der Waals surface area contributed by atoms with E-state index in [1.807, 2.05) is 38.1 Å². The molecule has 7 nitrogen and oxygen atoms in total. The van der Waals surface area contributed by atoms with Crippen molar-refractivity contribution in [3.8, 4) is 5.75 Å². The van der Waals surface area contributed by atoms with Crippen molar-refractivity contribution < 1.29 is 24.5 Å². The van der Waals surface area contributed by atoms with E-state index in [0.717, 1.165) is 31.2 Å². The van der Waals surface area contributed by atoms with E-state index in [4.69, 9.17) is 4.74 Å². The van der Waals surface area contributed by atoms with Gasteiger partial charge in [-0.05, 0) is 30.9 Å². The number of benzene rings is 1. The summed E-state index contributed by atoms with van der Waals surface area (Å²) in [6, 6.07) is 6.88. The molecule has 0 radical (unpaired) electrons. The fourth-order valence-corrected chi connectivity index (χ4v) is 5.53. The van der Waals surface area contributed by atoms with Crippen molar-refractivity contribution in [2.24, 2.45) is 11.8 Å². The van der Waals surface area contributed by atoms with Gasteiger partial charge < -0.3 is 25.2 Å². The number of ether oxygens (including phenoxy) is 1. The lowest BCUT2D eigenvalue weighted by Crippen LogP contribution is -2.57. The van der Waals surface area contributed by atoms with Crippen LogP contribution in [-0.4, -0.2) is 64.9 Å². The molecule has 1 aromatic carbocycles. The van der Waals surface area contributed by atoms with Gasteiger partial charge in [-0.1, -0.05) is 51.3 Å². The smallest absolute Gasteiger partial charge is 0.247 e. The van der Waals surface area contributed by atoms with Crippen molar-refractivity contribution >= 4 is 11.8 Å². The Morgan fingerprint density at radius 2 is 1.91 bits per heavy atom. The molecular formula is C26H36N2O5. The lowest BCUT2D eigenvalue weighted by atomic mass is 9.77. The van der Waals surface area contributed by atoms with E-state index >= 15 is 0 Å². The quantitative estimate of drug-likeness (QED) is 0.585. The van der Waals surface area contributed by atoms with E-state index in [0.29, 0.717) is 23.8 Å². The van der Waals surface area contributed by atoms with Gasteiger partial charge in [-0.25, -0.2) is 0 Å². The SMILES string of the molecule is CC(C)C(=O)N(CC1CCCCC1)[C@@H]1C=C(C(=O)NCCO)[C@@H]2c3ccccc3O[C@@H]2[C@H]1O. The van der Waals surface area contributed by atoms with Gasteiger partial charge in [0.05, 0.1) is 18.6 Å². The van der Waals surface area contributed by atoms with Gasteiger partial charge in [0.15, 0.2) is 0 Å². The third-order valence-corrected chi connectivity index (χ3v) is 7.19. The summed E-state index contributed by atoms with van der Waals surface area (Å²) >= 11 is 0. The molecule has 1 aliphatic heterocycles. The van der Waals surface area contributed by atoms with Crippen molar-refractivity contribution in [1.29, 1.82) is 0 Å². The number of aliphatic hydroxyl groups is 2.